The third-order valence-corrected chi connectivity index (χ3v) is 2.55. The van der Waals surface area contributed by atoms with Gasteiger partial charge in [-0.1, -0.05) is 13.0 Å². The summed E-state index contributed by atoms with van der Waals surface area (Å²) in [6, 6.07) is 5.03. The fourth-order valence-electron chi connectivity index (χ4n) is 1.59. The zero-order valence-electron chi connectivity index (χ0n) is 11.3. The van der Waals surface area contributed by atoms with Crippen LogP contribution >= 0.6 is 0 Å². The molecule has 6 nitrogen and oxygen atoms in total. The molecule has 0 amide bonds. The molecule has 0 bridgehead atoms. The van der Waals surface area contributed by atoms with Crippen molar-refractivity contribution < 1.29 is 14.4 Å². The summed E-state index contributed by atoms with van der Waals surface area (Å²) in [5, 5.41) is 14.1. The average Bonchev–Trinajstić information content (AvgIpc) is 2.41. The van der Waals surface area contributed by atoms with Crippen LogP contribution in [0.3, 0.4) is 0 Å². The standard InChI is InChI=1S/C13H20N2O4/c1-3-14-10-11-5-6-13(12(9-11)15(16)17)19-8-4-7-18-2/h5-6,9,14H,3-4,7-8,10H2,1-2H3. The number of methoxy groups -OCH3 is 1. The van der Waals surface area contributed by atoms with Gasteiger partial charge in [0, 0.05) is 32.7 Å². The van der Waals surface area contributed by atoms with Crippen LogP contribution in [0.1, 0.15) is 18.9 Å². The number of benzene rings is 1. The molecule has 0 unspecified atom stereocenters. The molecule has 19 heavy (non-hydrogen) atoms. The van der Waals surface area contributed by atoms with E-state index in [1.165, 1.54) is 0 Å². The highest BCUT2D eigenvalue weighted by atomic mass is 16.6. The van der Waals surface area contributed by atoms with Crippen molar-refractivity contribution in [2.24, 2.45) is 0 Å². The highest BCUT2D eigenvalue weighted by Gasteiger charge is 2.15. The molecule has 106 valence electrons. The molecular formula is C13H20N2O4. The molecule has 1 aromatic carbocycles. The van der Waals surface area contributed by atoms with Crippen LogP contribution in [0.25, 0.3) is 0 Å². The summed E-state index contributed by atoms with van der Waals surface area (Å²) < 4.78 is 10.3. The molecule has 0 aromatic heterocycles. The second-order valence-electron chi connectivity index (χ2n) is 4.03. The Morgan fingerprint density at radius 3 is 2.79 bits per heavy atom. The molecule has 0 aliphatic heterocycles. The van der Waals surface area contributed by atoms with Crippen molar-refractivity contribution in [1.29, 1.82) is 0 Å². The summed E-state index contributed by atoms with van der Waals surface area (Å²) in [5.74, 6) is 0.307. The molecule has 1 N–H and O–H groups in total. The van der Waals surface area contributed by atoms with Gasteiger partial charge in [-0.05, 0) is 18.2 Å². The summed E-state index contributed by atoms with van der Waals surface area (Å²) in [7, 11) is 1.61. The lowest BCUT2D eigenvalue weighted by molar-refractivity contribution is -0.385. The molecule has 0 spiro atoms. The van der Waals surface area contributed by atoms with E-state index in [1.54, 1.807) is 19.2 Å². The van der Waals surface area contributed by atoms with Crippen LogP contribution in [-0.4, -0.2) is 31.8 Å². The Kier molecular flexibility index (Phi) is 6.84. The van der Waals surface area contributed by atoms with Gasteiger partial charge in [0.1, 0.15) is 0 Å². The predicted octanol–water partition coefficient (Wildman–Crippen LogP) is 2.12. The van der Waals surface area contributed by atoms with Crippen LogP contribution in [0.5, 0.6) is 5.75 Å². The van der Waals surface area contributed by atoms with Crippen LogP contribution in [0, 0.1) is 10.1 Å². The molecule has 0 saturated carbocycles. The van der Waals surface area contributed by atoms with Gasteiger partial charge in [0.15, 0.2) is 5.75 Å². The zero-order chi connectivity index (χ0) is 14.1. The minimum atomic E-state index is -0.416. The monoisotopic (exact) mass is 268 g/mol. The van der Waals surface area contributed by atoms with Crippen LogP contribution in [0.15, 0.2) is 18.2 Å². The fraction of sp³-hybridized carbons (Fsp3) is 0.538. The molecular weight excluding hydrogens is 248 g/mol. The number of ether oxygens (including phenoxy) is 2. The van der Waals surface area contributed by atoms with Gasteiger partial charge in [0.05, 0.1) is 11.5 Å². The van der Waals surface area contributed by atoms with Crippen LogP contribution < -0.4 is 10.1 Å². The molecule has 1 aromatic rings. The summed E-state index contributed by atoms with van der Waals surface area (Å²) in [6.07, 6.45) is 0.701. The van der Waals surface area contributed by atoms with Crippen molar-refractivity contribution in [2.75, 3.05) is 26.9 Å². The van der Waals surface area contributed by atoms with E-state index in [0.717, 1.165) is 12.1 Å². The Morgan fingerprint density at radius 2 is 2.16 bits per heavy atom. The first kappa shape index (κ1) is 15.4. The quantitative estimate of drug-likeness (QED) is 0.422. The molecule has 1 rings (SSSR count). The Bertz CT molecular complexity index is 410. The molecule has 0 saturated heterocycles. The van der Waals surface area contributed by atoms with Crippen molar-refractivity contribution in [2.45, 2.75) is 19.9 Å². The van der Waals surface area contributed by atoms with Gasteiger partial charge in [-0.25, -0.2) is 0 Å². The number of nitrogens with zero attached hydrogens (tertiary/aromatic N) is 1. The minimum absolute atomic E-state index is 0.00724. The van der Waals surface area contributed by atoms with E-state index in [0.29, 0.717) is 31.9 Å². The first-order chi connectivity index (χ1) is 9.19. The Labute approximate surface area is 112 Å². The van der Waals surface area contributed by atoms with Crippen LogP contribution in [0.4, 0.5) is 5.69 Å². The van der Waals surface area contributed by atoms with E-state index in [4.69, 9.17) is 9.47 Å². The van der Waals surface area contributed by atoms with Gasteiger partial charge in [0.2, 0.25) is 0 Å². The lowest BCUT2D eigenvalue weighted by Gasteiger charge is -2.08. The summed E-state index contributed by atoms with van der Waals surface area (Å²) >= 11 is 0. The SMILES string of the molecule is CCNCc1ccc(OCCCOC)c([N+](=O)[O-])c1. The predicted molar refractivity (Wildman–Crippen MR) is 72.5 cm³/mol. The first-order valence-electron chi connectivity index (χ1n) is 6.28. The normalized spacial score (nSPS) is 10.4. The van der Waals surface area contributed by atoms with Gasteiger partial charge in [-0.15, -0.1) is 0 Å². The maximum atomic E-state index is 11.0. The number of rotatable bonds is 9. The van der Waals surface area contributed by atoms with Gasteiger partial charge in [0.25, 0.3) is 0 Å². The Hall–Kier alpha value is -1.66. The molecule has 0 aliphatic rings. The number of hydrogen-bond acceptors (Lipinski definition) is 5. The van der Waals surface area contributed by atoms with Gasteiger partial charge in [-0.3, -0.25) is 10.1 Å². The van der Waals surface area contributed by atoms with Crippen LogP contribution in [-0.2, 0) is 11.3 Å². The van der Waals surface area contributed by atoms with Crippen molar-refractivity contribution in [3.63, 3.8) is 0 Å². The number of nitrogens with one attached hydrogen (secondary N) is 1. The third-order valence-electron chi connectivity index (χ3n) is 2.55. The lowest BCUT2D eigenvalue weighted by Crippen LogP contribution is -2.12. The number of nitro groups is 1. The van der Waals surface area contributed by atoms with Gasteiger partial charge in [-0.2, -0.15) is 0 Å². The Balaban J connectivity index is 2.71. The maximum Gasteiger partial charge on any atom is 0.311 e. The number of nitro benzene ring substituents is 1. The molecule has 0 aliphatic carbocycles. The van der Waals surface area contributed by atoms with E-state index >= 15 is 0 Å². The highest BCUT2D eigenvalue weighted by molar-refractivity contribution is 5.48. The summed E-state index contributed by atoms with van der Waals surface area (Å²) in [4.78, 5) is 10.6. The van der Waals surface area contributed by atoms with E-state index in [1.807, 2.05) is 13.0 Å². The van der Waals surface area contributed by atoms with E-state index in [9.17, 15) is 10.1 Å². The smallest absolute Gasteiger partial charge is 0.311 e. The minimum Gasteiger partial charge on any atom is -0.487 e. The van der Waals surface area contributed by atoms with E-state index in [-0.39, 0.29) is 5.69 Å². The van der Waals surface area contributed by atoms with E-state index < -0.39 is 4.92 Å². The number of hydrogen-bond donors (Lipinski definition) is 1. The van der Waals surface area contributed by atoms with Crippen molar-refractivity contribution >= 4 is 5.69 Å². The molecule has 0 atom stereocenters. The zero-order valence-corrected chi connectivity index (χ0v) is 11.3. The van der Waals surface area contributed by atoms with Crippen molar-refractivity contribution in [1.82, 2.24) is 5.32 Å². The van der Waals surface area contributed by atoms with Crippen molar-refractivity contribution in [3.8, 4) is 5.75 Å². The van der Waals surface area contributed by atoms with E-state index in [2.05, 4.69) is 5.32 Å². The topological polar surface area (TPSA) is 73.6 Å². The molecule has 0 fully saturated rings. The van der Waals surface area contributed by atoms with Crippen LogP contribution in [0.2, 0.25) is 0 Å². The van der Waals surface area contributed by atoms with Gasteiger partial charge >= 0.3 is 5.69 Å². The summed E-state index contributed by atoms with van der Waals surface area (Å²) in [5.41, 5.74) is 0.880. The largest absolute Gasteiger partial charge is 0.487 e. The highest BCUT2D eigenvalue weighted by Crippen LogP contribution is 2.28. The second kappa shape index (κ2) is 8.44. The summed E-state index contributed by atoms with van der Waals surface area (Å²) in [6.45, 7) is 4.40. The molecule has 6 heteroatoms. The molecule has 0 heterocycles. The second-order valence-corrected chi connectivity index (χ2v) is 4.03. The maximum absolute atomic E-state index is 11.0. The fourth-order valence-corrected chi connectivity index (χ4v) is 1.59. The van der Waals surface area contributed by atoms with Crippen molar-refractivity contribution in [3.05, 3.63) is 33.9 Å². The first-order valence-corrected chi connectivity index (χ1v) is 6.28. The Morgan fingerprint density at radius 1 is 1.37 bits per heavy atom. The average molecular weight is 268 g/mol. The third kappa shape index (κ3) is 5.23. The van der Waals surface area contributed by atoms with Gasteiger partial charge < -0.3 is 14.8 Å². The molecule has 0 radical (unpaired) electrons. The lowest BCUT2D eigenvalue weighted by atomic mass is 10.2.